The molecule has 0 radical (unpaired) electrons. The van der Waals surface area contributed by atoms with E-state index < -0.39 is 17.4 Å². The maximum absolute atomic E-state index is 13.4. The molecular weight excluding hydrogens is 216 g/mol. The summed E-state index contributed by atoms with van der Waals surface area (Å²) in [6.45, 7) is 0.811. The fourth-order valence-electron chi connectivity index (χ4n) is 1.98. The fraction of sp³-hybridized carbons (Fsp3) is 0.455. The molecule has 1 atom stereocenters. The monoisotopic (exact) mass is 229 g/mol. The maximum atomic E-state index is 13.4. The van der Waals surface area contributed by atoms with E-state index in [2.05, 4.69) is 5.32 Å². The molecule has 2 rings (SSSR count). The van der Waals surface area contributed by atoms with Gasteiger partial charge in [0.15, 0.2) is 11.5 Å². The number of benzene rings is 1. The van der Waals surface area contributed by atoms with Crippen molar-refractivity contribution in [2.45, 2.75) is 18.9 Å². The molecule has 1 saturated heterocycles. The van der Waals surface area contributed by atoms with Gasteiger partial charge in [-0.05, 0) is 25.5 Å². The van der Waals surface area contributed by atoms with E-state index in [9.17, 15) is 13.9 Å². The van der Waals surface area contributed by atoms with Crippen LogP contribution in [-0.4, -0.2) is 18.8 Å². The quantitative estimate of drug-likeness (QED) is 0.816. The van der Waals surface area contributed by atoms with E-state index in [1.807, 2.05) is 0 Å². The minimum absolute atomic E-state index is 0.135. The van der Waals surface area contributed by atoms with Crippen LogP contribution in [0.1, 0.15) is 24.4 Å². The first-order valence-electron chi connectivity index (χ1n) is 5.13. The second-order valence-electron chi connectivity index (χ2n) is 3.79. The lowest BCUT2D eigenvalue weighted by atomic mass is 10.0. The van der Waals surface area contributed by atoms with Gasteiger partial charge in [-0.25, -0.2) is 0 Å². The zero-order valence-corrected chi connectivity index (χ0v) is 8.89. The van der Waals surface area contributed by atoms with Gasteiger partial charge in [0.25, 0.3) is 0 Å². The number of hydrogen-bond acceptors (Lipinski definition) is 3. The Labute approximate surface area is 92.0 Å². The van der Waals surface area contributed by atoms with Crippen LogP contribution in [0.3, 0.4) is 0 Å². The molecule has 88 valence electrons. The van der Waals surface area contributed by atoms with E-state index in [0.717, 1.165) is 19.4 Å². The molecule has 5 heteroatoms. The van der Waals surface area contributed by atoms with Gasteiger partial charge in [0.05, 0.1) is 7.11 Å². The minimum Gasteiger partial charge on any atom is -0.505 e. The van der Waals surface area contributed by atoms with Crippen LogP contribution in [0.5, 0.6) is 11.5 Å². The number of nitrogens with one attached hydrogen (secondary N) is 1. The van der Waals surface area contributed by atoms with Crippen molar-refractivity contribution in [2.75, 3.05) is 13.7 Å². The van der Waals surface area contributed by atoms with Crippen molar-refractivity contribution in [2.24, 2.45) is 0 Å². The van der Waals surface area contributed by atoms with Crippen LogP contribution >= 0.6 is 0 Å². The molecule has 3 nitrogen and oxygen atoms in total. The summed E-state index contributed by atoms with van der Waals surface area (Å²) >= 11 is 0. The smallest absolute Gasteiger partial charge is 0.204 e. The van der Waals surface area contributed by atoms with E-state index in [1.54, 1.807) is 0 Å². The zero-order valence-electron chi connectivity index (χ0n) is 8.89. The summed E-state index contributed by atoms with van der Waals surface area (Å²) in [5.41, 5.74) is 0.355. The Morgan fingerprint density at radius 3 is 2.75 bits per heavy atom. The summed E-state index contributed by atoms with van der Waals surface area (Å²) in [5, 5.41) is 12.7. The summed E-state index contributed by atoms with van der Waals surface area (Å²) in [5.74, 6) is -3.21. The molecule has 0 saturated carbocycles. The molecule has 0 bridgehead atoms. The summed E-state index contributed by atoms with van der Waals surface area (Å²) < 4.78 is 31.3. The number of aromatic hydroxyl groups is 1. The third-order valence-corrected chi connectivity index (χ3v) is 2.83. The molecular formula is C11H13F2NO2. The van der Waals surface area contributed by atoms with Crippen molar-refractivity contribution >= 4 is 0 Å². The van der Waals surface area contributed by atoms with Crippen LogP contribution < -0.4 is 10.1 Å². The highest BCUT2D eigenvalue weighted by Crippen LogP contribution is 2.37. The molecule has 0 aromatic heterocycles. The SMILES string of the molecule is COc1cc([C@H]2CCCN2)c(O)c(F)c1F. The van der Waals surface area contributed by atoms with Crippen molar-refractivity contribution in [1.82, 2.24) is 5.32 Å². The molecule has 0 unspecified atom stereocenters. The molecule has 0 amide bonds. The highest BCUT2D eigenvalue weighted by Gasteiger charge is 2.25. The first-order valence-corrected chi connectivity index (χ1v) is 5.13. The van der Waals surface area contributed by atoms with Gasteiger partial charge in [-0.15, -0.1) is 0 Å². The molecule has 1 aromatic carbocycles. The molecule has 1 heterocycles. The number of phenolic OH excluding ortho intramolecular Hbond substituents is 1. The number of rotatable bonds is 2. The Kier molecular flexibility index (Phi) is 2.96. The molecule has 1 aliphatic heterocycles. The molecule has 16 heavy (non-hydrogen) atoms. The van der Waals surface area contributed by atoms with E-state index >= 15 is 0 Å². The van der Waals surface area contributed by atoms with Crippen LogP contribution in [0.4, 0.5) is 8.78 Å². The summed E-state index contributed by atoms with van der Waals surface area (Å²) in [6, 6.07) is 1.21. The molecule has 0 spiro atoms. The largest absolute Gasteiger partial charge is 0.505 e. The van der Waals surface area contributed by atoms with Gasteiger partial charge in [-0.3, -0.25) is 0 Å². The van der Waals surface area contributed by atoms with E-state index in [-0.39, 0.29) is 11.8 Å². The molecule has 1 aliphatic rings. The number of phenols is 1. The lowest BCUT2D eigenvalue weighted by molar-refractivity contribution is 0.349. The van der Waals surface area contributed by atoms with Crippen molar-refractivity contribution in [3.8, 4) is 11.5 Å². The van der Waals surface area contributed by atoms with E-state index in [1.165, 1.54) is 13.2 Å². The maximum Gasteiger partial charge on any atom is 0.204 e. The highest BCUT2D eigenvalue weighted by atomic mass is 19.2. The Hall–Kier alpha value is -1.36. The number of ether oxygens (including phenoxy) is 1. The number of halogens is 2. The Bertz CT molecular complexity index is 403. The van der Waals surface area contributed by atoms with Crippen molar-refractivity contribution in [3.05, 3.63) is 23.3 Å². The average molecular weight is 229 g/mol. The van der Waals surface area contributed by atoms with Gasteiger partial charge in [-0.1, -0.05) is 0 Å². The first kappa shape index (κ1) is 11.1. The van der Waals surface area contributed by atoms with Crippen molar-refractivity contribution in [1.29, 1.82) is 0 Å². The lowest BCUT2D eigenvalue weighted by Crippen LogP contribution is -2.14. The normalized spacial score (nSPS) is 20.1. The highest BCUT2D eigenvalue weighted by molar-refractivity contribution is 5.44. The first-order chi connectivity index (χ1) is 7.65. The predicted octanol–water partition coefficient (Wildman–Crippen LogP) is 2.10. The van der Waals surface area contributed by atoms with Crippen LogP contribution in [0.2, 0.25) is 0 Å². The van der Waals surface area contributed by atoms with Crippen LogP contribution in [0, 0.1) is 11.6 Å². The standard InChI is InChI=1S/C11H13F2NO2/c1-16-8-5-6(7-3-2-4-14-7)11(15)10(13)9(8)12/h5,7,14-15H,2-4H2,1H3/t7-/m1/s1. The van der Waals surface area contributed by atoms with Crippen molar-refractivity contribution < 1.29 is 18.6 Å². The van der Waals surface area contributed by atoms with E-state index in [0.29, 0.717) is 5.56 Å². The zero-order chi connectivity index (χ0) is 11.7. The number of methoxy groups -OCH3 is 1. The fourth-order valence-corrected chi connectivity index (χ4v) is 1.98. The Balaban J connectivity index is 2.48. The van der Waals surface area contributed by atoms with Crippen LogP contribution in [0.25, 0.3) is 0 Å². The van der Waals surface area contributed by atoms with Gasteiger partial charge in [-0.2, -0.15) is 8.78 Å². The second-order valence-corrected chi connectivity index (χ2v) is 3.79. The molecule has 1 aromatic rings. The van der Waals surface area contributed by atoms with Crippen LogP contribution in [-0.2, 0) is 0 Å². The minimum atomic E-state index is -1.25. The van der Waals surface area contributed by atoms with Gasteiger partial charge in [0.1, 0.15) is 0 Å². The summed E-state index contributed by atoms with van der Waals surface area (Å²) in [7, 11) is 1.26. The molecule has 2 N–H and O–H groups in total. The summed E-state index contributed by atoms with van der Waals surface area (Å²) in [4.78, 5) is 0. The van der Waals surface area contributed by atoms with Gasteiger partial charge < -0.3 is 15.2 Å². The summed E-state index contributed by atoms with van der Waals surface area (Å²) in [6.07, 6.45) is 1.74. The lowest BCUT2D eigenvalue weighted by Gasteiger charge is -2.15. The van der Waals surface area contributed by atoms with E-state index in [4.69, 9.17) is 4.74 Å². The third kappa shape index (κ3) is 1.71. The van der Waals surface area contributed by atoms with Gasteiger partial charge in [0.2, 0.25) is 11.6 Å². The van der Waals surface area contributed by atoms with Gasteiger partial charge in [0, 0.05) is 11.6 Å². The second kappa shape index (κ2) is 4.25. The van der Waals surface area contributed by atoms with Crippen LogP contribution in [0.15, 0.2) is 6.07 Å². The topological polar surface area (TPSA) is 41.5 Å². The Morgan fingerprint density at radius 2 is 2.19 bits per heavy atom. The predicted molar refractivity (Wildman–Crippen MR) is 54.6 cm³/mol. The molecule has 0 aliphatic carbocycles. The average Bonchev–Trinajstić information content (AvgIpc) is 2.80. The van der Waals surface area contributed by atoms with Crippen molar-refractivity contribution in [3.63, 3.8) is 0 Å². The Morgan fingerprint density at radius 1 is 1.44 bits per heavy atom. The number of hydrogen-bond donors (Lipinski definition) is 2. The third-order valence-electron chi connectivity index (χ3n) is 2.83. The molecule has 1 fully saturated rings. The van der Waals surface area contributed by atoms with Gasteiger partial charge >= 0.3 is 0 Å².